The SMILES string of the molecule is CC(=O)OCC1O[C@@H](c2ccc(Br)cc2)[C@@H](OC(C)=O)C(OC(C)=O)[C@@H]1OC(C)=O. The first-order valence-electron chi connectivity index (χ1n) is 9.14. The average molecular weight is 487 g/mol. The minimum absolute atomic E-state index is 0.259. The molecule has 0 N–H and O–H groups in total. The molecule has 5 atom stereocenters. The Kier molecular flexibility index (Phi) is 8.36. The predicted octanol–water partition coefficient (Wildman–Crippen LogP) is 2.25. The van der Waals surface area contributed by atoms with E-state index in [1.807, 2.05) is 0 Å². The lowest BCUT2D eigenvalue weighted by Crippen LogP contribution is -2.59. The molecule has 1 aromatic carbocycles. The van der Waals surface area contributed by atoms with E-state index < -0.39 is 54.4 Å². The van der Waals surface area contributed by atoms with Gasteiger partial charge in [-0.25, -0.2) is 0 Å². The van der Waals surface area contributed by atoms with Crippen molar-refractivity contribution in [1.29, 1.82) is 0 Å². The number of carbonyl (C=O) groups excluding carboxylic acids is 4. The molecule has 1 heterocycles. The minimum Gasteiger partial charge on any atom is -0.463 e. The molecular weight excluding hydrogens is 464 g/mol. The number of hydrogen-bond donors (Lipinski definition) is 0. The zero-order chi connectivity index (χ0) is 22.4. The highest BCUT2D eigenvalue weighted by molar-refractivity contribution is 9.10. The molecule has 0 radical (unpaired) electrons. The number of ether oxygens (including phenoxy) is 5. The van der Waals surface area contributed by atoms with Crippen molar-refractivity contribution in [2.75, 3.05) is 6.61 Å². The molecule has 1 aliphatic rings. The van der Waals surface area contributed by atoms with Crippen molar-refractivity contribution in [3.63, 3.8) is 0 Å². The first-order valence-corrected chi connectivity index (χ1v) is 9.93. The summed E-state index contributed by atoms with van der Waals surface area (Å²) >= 11 is 3.35. The summed E-state index contributed by atoms with van der Waals surface area (Å²) in [6.07, 6.45) is -5.30. The summed E-state index contributed by atoms with van der Waals surface area (Å²) in [5.41, 5.74) is 0.621. The lowest BCUT2D eigenvalue weighted by atomic mass is 9.90. The summed E-state index contributed by atoms with van der Waals surface area (Å²) in [6.45, 7) is 4.53. The molecule has 0 amide bonds. The Labute approximate surface area is 182 Å². The molecule has 0 aromatic heterocycles. The molecular formula is C20H23BrO9. The molecule has 0 spiro atoms. The van der Waals surface area contributed by atoms with Gasteiger partial charge in [-0.15, -0.1) is 0 Å². The number of carbonyl (C=O) groups is 4. The summed E-state index contributed by atoms with van der Waals surface area (Å²) in [7, 11) is 0. The van der Waals surface area contributed by atoms with Crippen LogP contribution >= 0.6 is 15.9 Å². The number of halogens is 1. The molecule has 9 nitrogen and oxygen atoms in total. The number of esters is 4. The third kappa shape index (κ3) is 6.53. The maximum absolute atomic E-state index is 11.8. The van der Waals surface area contributed by atoms with E-state index in [9.17, 15) is 19.2 Å². The molecule has 1 aliphatic heterocycles. The van der Waals surface area contributed by atoms with Crippen molar-refractivity contribution >= 4 is 39.8 Å². The molecule has 1 fully saturated rings. The molecule has 2 unspecified atom stereocenters. The van der Waals surface area contributed by atoms with Crippen molar-refractivity contribution in [3.05, 3.63) is 34.3 Å². The van der Waals surface area contributed by atoms with Gasteiger partial charge in [0.25, 0.3) is 0 Å². The van der Waals surface area contributed by atoms with Crippen LogP contribution in [0.4, 0.5) is 0 Å². The van der Waals surface area contributed by atoms with Gasteiger partial charge in [0.05, 0.1) is 0 Å². The first kappa shape index (κ1) is 23.8. The van der Waals surface area contributed by atoms with Gasteiger partial charge < -0.3 is 23.7 Å². The van der Waals surface area contributed by atoms with E-state index in [1.165, 1.54) is 27.7 Å². The van der Waals surface area contributed by atoms with Crippen molar-refractivity contribution < 1.29 is 42.9 Å². The molecule has 0 saturated carbocycles. The fourth-order valence-electron chi connectivity index (χ4n) is 3.15. The zero-order valence-corrected chi connectivity index (χ0v) is 18.5. The van der Waals surface area contributed by atoms with Gasteiger partial charge in [0.15, 0.2) is 18.3 Å². The fourth-order valence-corrected chi connectivity index (χ4v) is 3.41. The summed E-state index contributed by atoms with van der Waals surface area (Å²) < 4.78 is 28.1. The van der Waals surface area contributed by atoms with Crippen LogP contribution in [0.1, 0.15) is 39.4 Å². The zero-order valence-electron chi connectivity index (χ0n) is 17.0. The van der Waals surface area contributed by atoms with Crippen LogP contribution in [-0.2, 0) is 42.9 Å². The maximum atomic E-state index is 11.8. The van der Waals surface area contributed by atoms with Crippen molar-refractivity contribution in [3.8, 4) is 0 Å². The van der Waals surface area contributed by atoms with Crippen molar-refractivity contribution in [2.45, 2.75) is 58.2 Å². The maximum Gasteiger partial charge on any atom is 0.303 e. The van der Waals surface area contributed by atoms with Gasteiger partial charge in [-0.3, -0.25) is 19.2 Å². The summed E-state index contributed by atoms with van der Waals surface area (Å²) in [6, 6.07) is 7.02. The third-order valence-corrected chi connectivity index (χ3v) is 4.72. The Morgan fingerprint density at radius 1 is 0.800 bits per heavy atom. The van der Waals surface area contributed by atoms with Crippen LogP contribution in [0.3, 0.4) is 0 Å². The highest BCUT2D eigenvalue weighted by Gasteiger charge is 2.52. The van der Waals surface area contributed by atoms with E-state index >= 15 is 0 Å². The van der Waals surface area contributed by atoms with Crippen LogP contribution in [0.15, 0.2) is 28.7 Å². The van der Waals surface area contributed by atoms with Crippen LogP contribution in [0.2, 0.25) is 0 Å². The van der Waals surface area contributed by atoms with Gasteiger partial charge in [0.1, 0.15) is 18.8 Å². The summed E-state index contributed by atoms with van der Waals surface area (Å²) in [5.74, 6) is -2.54. The smallest absolute Gasteiger partial charge is 0.303 e. The number of hydrogen-bond acceptors (Lipinski definition) is 9. The first-order chi connectivity index (χ1) is 14.1. The summed E-state index contributed by atoms with van der Waals surface area (Å²) in [5, 5.41) is 0. The normalized spacial score (nSPS) is 25.7. The quantitative estimate of drug-likeness (QED) is 0.440. The van der Waals surface area contributed by atoms with E-state index in [-0.39, 0.29) is 6.61 Å². The minimum atomic E-state index is -1.18. The van der Waals surface area contributed by atoms with Gasteiger partial charge in [-0.2, -0.15) is 0 Å². The second kappa shape index (κ2) is 10.5. The number of benzene rings is 1. The Bertz CT molecular complexity index is 792. The summed E-state index contributed by atoms with van der Waals surface area (Å²) in [4.78, 5) is 46.6. The van der Waals surface area contributed by atoms with Gasteiger partial charge in [-0.1, -0.05) is 28.1 Å². The second-order valence-electron chi connectivity index (χ2n) is 6.67. The van der Waals surface area contributed by atoms with E-state index in [0.717, 1.165) is 4.47 Å². The standard InChI is InChI=1S/C20H23BrO9/c1-10(22)26-9-16-18(27-11(2)23)20(29-13(4)25)19(28-12(3)24)17(30-16)14-5-7-15(21)8-6-14/h5-8,16-20H,9H2,1-4H3/t16?,17-,18+,19+,20?/m0/s1. The second-order valence-corrected chi connectivity index (χ2v) is 7.59. The monoisotopic (exact) mass is 486 g/mol. The largest absolute Gasteiger partial charge is 0.463 e. The molecule has 30 heavy (non-hydrogen) atoms. The predicted molar refractivity (Wildman–Crippen MR) is 105 cm³/mol. The molecule has 0 aliphatic carbocycles. The topological polar surface area (TPSA) is 114 Å². The molecule has 0 bridgehead atoms. The number of rotatable bonds is 6. The van der Waals surface area contributed by atoms with E-state index in [0.29, 0.717) is 5.56 Å². The molecule has 164 valence electrons. The van der Waals surface area contributed by atoms with Gasteiger partial charge in [0, 0.05) is 32.2 Å². The van der Waals surface area contributed by atoms with E-state index in [2.05, 4.69) is 15.9 Å². The van der Waals surface area contributed by atoms with Crippen LogP contribution in [0.25, 0.3) is 0 Å². The lowest BCUT2D eigenvalue weighted by molar-refractivity contribution is -0.254. The Morgan fingerprint density at radius 3 is 1.80 bits per heavy atom. The fraction of sp³-hybridized carbons (Fsp3) is 0.500. The van der Waals surface area contributed by atoms with E-state index in [4.69, 9.17) is 23.7 Å². The van der Waals surface area contributed by atoms with E-state index in [1.54, 1.807) is 24.3 Å². The van der Waals surface area contributed by atoms with Crippen LogP contribution in [0.5, 0.6) is 0 Å². The molecule has 1 aromatic rings. The van der Waals surface area contributed by atoms with Crippen molar-refractivity contribution in [1.82, 2.24) is 0 Å². The van der Waals surface area contributed by atoms with Crippen LogP contribution in [0, 0.1) is 0 Å². The Hall–Kier alpha value is -2.46. The molecule has 2 rings (SSSR count). The van der Waals surface area contributed by atoms with Gasteiger partial charge in [-0.05, 0) is 17.7 Å². The molecule has 1 saturated heterocycles. The Morgan fingerprint density at radius 2 is 1.30 bits per heavy atom. The van der Waals surface area contributed by atoms with Crippen LogP contribution < -0.4 is 0 Å². The van der Waals surface area contributed by atoms with Crippen molar-refractivity contribution in [2.24, 2.45) is 0 Å². The van der Waals surface area contributed by atoms with Crippen LogP contribution in [-0.4, -0.2) is 54.9 Å². The third-order valence-electron chi connectivity index (χ3n) is 4.19. The van der Waals surface area contributed by atoms with Gasteiger partial charge in [0.2, 0.25) is 0 Å². The average Bonchev–Trinajstić information content (AvgIpc) is 2.63. The lowest BCUT2D eigenvalue weighted by Gasteiger charge is -2.44. The highest BCUT2D eigenvalue weighted by atomic mass is 79.9. The Balaban J connectivity index is 2.51. The highest BCUT2D eigenvalue weighted by Crippen LogP contribution is 2.38. The molecule has 10 heteroatoms. The van der Waals surface area contributed by atoms with Gasteiger partial charge >= 0.3 is 23.9 Å².